The summed E-state index contributed by atoms with van der Waals surface area (Å²) in [5.74, 6) is 1.74. The number of hydrogen-bond acceptors (Lipinski definition) is 5. The molecule has 0 atom stereocenters. The average Bonchev–Trinajstić information content (AvgIpc) is 3.78. The minimum atomic E-state index is 0.567. The number of aromatic nitrogens is 4. The van der Waals surface area contributed by atoms with Crippen LogP contribution in [0.2, 0.25) is 0 Å². The molecular formula is C39H22N4OS. The van der Waals surface area contributed by atoms with E-state index in [9.17, 15) is 0 Å². The normalized spacial score (nSPS) is 12.0. The molecule has 0 radical (unpaired) electrons. The fourth-order valence-electron chi connectivity index (χ4n) is 6.68. The number of nitrogens with zero attached hydrogens (tertiary/aromatic N) is 4. The van der Waals surface area contributed by atoms with Gasteiger partial charge in [0, 0.05) is 47.3 Å². The van der Waals surface area contributed by atoms with E-state index in [1.807, 2.05) is 72.0 Å². The summed E-state index contributed by atoms with van der Waals surface area (Å²) in [6.45, 7) is 0. The van der Waals surface area contributed by atoms with Crippen LogP contribution >= 0.6 is 11.3 Å². The van der Waals surface area contributed by atoms with E-state index in [1.165, 1.54) is 30.9 Å². The highest BCUT2D eigenvalue weighted by atomic mass is 32.1. The van der Waals surface area contributed by atoms with Gasteiger partial charge in [-0.1, -0.05) is 103 Å². The number of hydrogen-bond donors (Lipinski definition) is 0. The standard InChI is InChI=1S/C39H22N4OS/c1-2-11-23(12-3-1)37-40-38(29-17-10-16-26-24-13-5-8-19-32(24)44-35(26)29)42-39(41-37)43-30-18-7-4-15-28(30)34-31(43)22-21-27-25-14-6-9-20-33(25)45-36(27)34/h1-22H. The Bertz CT molecular complexity index is 2770. The largest absolute Gasteiger partial charge is 0.455 e. The average molecular weight is 595 g/mol. The first-order valence-electron chi connectivity index (χ1n) is 14.9. The fourth-order valence-corrected chi connectivity index (χ4v) is 7.93. The maximum atomic E-state index is 6.43. The summed E-state index contributed by atoms with van der Waals surface area (Å²) in [4.78, 5) is 15.4. The molecule has 0 spiro atoms. The van der Waals surface area contributed by atoms with E-state index in [0.29, 0.717) is 17.6 Å². The van der Waals surface area contributed by atoms with Gasteiger partial charge in [0.25, 0.3) is 0 Å². The lowest BCUT2D eigenvalue weighted by Crippen LogP contribution is -2.06. The van der Waals surface area contributed by atoms with Gasteiger partial charge in [-0.15, -0.1) is 11.3 Å². The Kier molecular flexibility index (Phi) is 5.09. The highest BCUT2D eigenvalue weighted by Gasteiger charge is 2.22. The predicted octanol–water partition coefficient (Wildman–Crippen LogP) is 10.6. The van der Waals surface area contributed by atoms with E-state index in [-0.39, 0.29) is 0 Å². The van der Waals surface area contributed by atoms with E-state index in [0.717, 1.165) is 44.1 Å². The van der Waals surface area contributed by atoms with Crippen molar-refractivity contribution in [1.82, 2.24) is 19.5 Å². The molecule has 4 heterocycles. The molecule has 6 heteroatoms. The third kappa shape index (κ3) is 3.57. The predicted molar refractivity (Wildman–Crippen MR) is 185 cm³/mol. The molecule has 0 N–H and O–H groups in total. The summed E-state index contributed by atoms with van der Waals surface area (Å²) in [6.07, 6.45) is 0. The lowest BCUT2D eigenvalue weighted by Gasteiger charge is -2.11. The zero-order chi connectivity index (χ0) is 29.5. The van der Waals surface area contributed by atoms with Gasteiger partial charge < -0.3 is 4.42 Å². The second-order valence-corrected chi connectivity index (χ2v) is 12.3. The van der Waals surface area contributed by atoms with Crippen LogP contribution in [-0.4, -0.2) is 19.5 Å². The maximum absolute atomic E-state index is 6.43. The van der Waals surface area contributed by atoms with Crippen molar-refractivity contribution < 1.29 is 4.42 Å². The molecule has 6 aromatic carbocycles. The van der Waals surface area contributed by atoms with Gasteiger partial charge >= 0.3 is 0 Å². The summed E-state index contributed by atoms with van der Waals surface area (Å²) in [5, 5.41) is 7.05. The van der Waals surface area contributed by atoms with Gasteiger partial charge in [-0.3, -0.25) is 4.57 Å². The van der Waals surface area contributed by atoms with Crippen molar-refractivity contribution in [2.75, 3.05) is 0 Å². The van der Waals surface area contributed by atoms with Gasteiger partial charge in [-0.2, -0.15) is 9.97 Å². The summed E-state index contributed by atoms with van der Waals surface area (Å²) < 4.78 is 11.2. The molecule has 10 aromatic rings. The second kappa shape index (κ2) is 9.32. The van der Waals surface area contributed by atoms with Gasteiger partial charge in [0.2, 0.25) is 5.95 Å². The van der Waals surface area contributed by atoms with E-state index >= 15 is 0 Å². The van der Waals surface area contributed by atoms with Crippen LogP contribution in [0.5, 0.6) is 0 Å². The first kappa shape index (κ1) is 24.6. The Morgan fingerprint density at radius 2 is 1.24 bits per heavy atom. The number of furan rings is 1. The number of thiophene rings is 1. The minimum absolute atomic E-state index is 0.567. The smallest absolute Gasteiger partial charge is 0.238 e. The SMILES string of the molecule is c1ccc(-c2nc(-c3cccc4c3oc3ccccc34)nc(-n3c4ccccc4c4c5sc6ccccc6c5ccc43)n2)cc1. The molecular weight excluding hydrogens is 573 g/mol. The zero-order valence-corrected chi connectivity index (χ0v) is 24.6. The quantitative estimate of drug-likeness (QED) is 0.204. The van der Waals surface area contributed by atoms with Crippen LogP contribution in [0.15, 0.2) is 138 Å². The van der Waals surface area contributed by atoms with Gasteiger partial charge in [0.05, 0.1) is 16.6 Å². The molecule has 5 nitrogen and oxygen atoms in total. The van der Waals surface area contributed by atoms with Crippen molar-refractivity contribution in [2.45, 2.75) is 0 Å². The van der Waals surface area contributed by atoms with Crippen LogP contribution in [0.25, 0.3) is 92.6 Å². The van der Waals surface area contributed by atoms with Crippen LogP contribution in [0.3, 0.4) is 0 Å². The van der Waals surface area contributed by atoms with Gasteiger partial charge in [-0.05, 0) is 30.3 Å². The van der Waals surface area contributed by atoms with Crippen LogP contribution in [0.1, 0.15) is 0 Å². The van der Waals surface area contributed by atoms with Crippen LogP contribution in [0.4, 0.5) is 0 Å². The molecule has 0 aliphatic carbocycles. The molecule has 0 amide bonds. The zero-order valence-electron chi connectivity index (χ0n) is 23.8. The van der Waals surface area contributed by atoms with Gasteiger partial charge in [0.15, 0.2) is 11.6 Å². The summed E-state index contributed by atoms with van der Waals surface area (Å²) in [5.41, 5.74) is 5.48. The highest BCUT2D eigenvalue weighted by molar-refractivity contribution is 7.26. The topological polar surface area (TPSA) is 56.7 Å². The molecule has 0 saturated heterocycles. The summed E-state index contributed by atoms with van der Waals surface area (Å²) in [7, 11) is 0. The Hall–Kier alpha value is -5.85. The molecule has 4 aromatic heterocycles. The second-order valence-electron chi connectivity index (χ2n) is 11.2. The summed E-state index contributed by atoms with van der Waals surface area (Å²) in [6, 6.07) is 46.0. The van der Waals surface area contributed by atoms with Crippen molar-refractivity contribution >= 4 is 75.3 Å². The lowest BCUT2D eigenvalue weighted by molar-refractivity contribution is 0.669. The molecule has 10 rings (SSSR count). The minimum Gasteiger partial charge on any atom is -0.455 e. The number of fused-ring (bicyclic) bond motifs is 10. The Labute approximate surface area is 260 Å². The molecule has 210 valence electrons. The van der Waals surface area contributed by atoms with E-state index in [2.05, 4.69) is 77.4 Å². The molecule has 0 bridgehead atoms. The van der Waals surface area contributed by atoms with Crippen molar-refractivity contribution in [3.8, 4) is 28.7 Å². The molecule has 0 saturated carbocycles. The molecule has 0 fully saturated rings. The first-order chi connectivity index (χ1) is 22.3. The molecule has 0 aliphatic heterocycles. The van der Waals surface area contributed by atoms with E-state index in [1.54, 1.807) is 0 Å². The lowest BCUT2D eigenvalue weighted by atomic mass is 10.1. The summed E-state index contributed by atoms with van der Waals surface area (Å²) >= 11 is 1.84. The van der Waals surface area contributed by atoms with Crippen LogP contribution in [0, 0.1) is 0 Å². The van der Waals surface area contributed by atoms with Crippen molar-refractivity contribution in [2.24, 2.45) is 0 Å². The highest BCUT2D eigenvalue weighted by Crippen LogP contribution is 2.43. The third-order valence-electron chi connectivity index (χ3n) is 8.68. The van der Waals surface area contributed by atoms with Crippen molar-refractivity contribution in [3.63, 3.8) is 0 Å². The van der Waals surface area contributed by atoms with Crippen molar-refractivity contribution in [1.29, 1.82) is 0 Å². The van der Waals surface area contributed by atoms with Gasteiger partial charge in [-0.25, -0.2) is 4.98 Å². The Morgan fingerprint density at radius 3 is 2.16 bits per heavy atom. The number of rotatable bonds is 3. The van der Waals surface area contributed by atoms with Gasteiger partial charge in [0.1, 0.15) is 11.2 Å². The van der Waals surface area contributed by atoms with E-state index in [4.69, 9.17) is 19.4 Å². The van der Waals surface area contributed by atoms with E-state index < -0.39 is 0 Å². The number of benzene rings is 6. The Morgan fingerprint density at radius 1 is 0.511 bits per heavy atom. The van der Waals surface area contributed by atoms with Crippen molar-refractivity contribution in [3.05, 3.63) is 133 Å². The Balaban J connectivity index is 1.31. The van der Waals surface area contributed by atoms with Crippen LogP contribution < -0.4 is 0 Å². The molecule has 0 unspecified atom stereocenters. The third-order valence-corrected chi connectivity index (χ3v) is 9.88. The first-order valence-corrected chi connectivity index (χ1v) is 15.7. The maximum Gasteiger partial charge on any atom is 0.238 e. The monoisotopic (exact) mass is 594 g/mol. The molecule has 45 heavy (non-hydrogen) atoms. The molecule has 0 aliphatic rings. The number of para-hydroxylation sites is 3. The fraction of sp³-hybridized carbons (Fsp3) is 0. The van der Waals surface area contributed by atoms with Crippen LogP contribution in [-0.2, 0) is 0 Å².